The minimum absolute atomic E-state index is 0.0355. The van der Waals surface area contributed by atoms with Crippen molar-refractivity contribution in [3.63, 3.8) is 0 Å². The van der Waals surface area contributed by atoms with Gasteiger partial charge >= 0.3 is 5.97 Å². The average molecular weight is 186 g/mol. The van der Waals surface area contributed by atoms with Crippen LogP contribution in [0.25, 0.3) is 0 Å². The Morgan fingerprint density at radius 2 is 2.23 bits per heavy atom. The summed E-state index contributed by atoms with van der Waals surface area (Å²) in [5.41, 5.74) is 2.26. The molecule has 13 heavy (non-hydrogen) atoms. The van der Waals surface area contributed by atoms with E-state index in [2.05, 4.69) is 10.2 Å². The standard InChI is InChI=1S/C7H10N2O4/c1-4(10)9-5(7(12)13-2)3-6(11)8-9/h5H,3H2,1-2H3,(H,8,11)/t5-/m0/s1. The van der Waals surface area contributed by atoms with E-state index in [1.54, 1.807) is 0 Å². The highest BCUT2D eigenvalue weighted by atomic mass is 16.5. The summed E-state index contributed by atoms with van der Waals surface area (Å²) in [6, 6.07) is -0.824. The largest absolute Gasteiger partial charge is 0.467 e. The van der Waals surface area contributed by atoms with Crippen molar-refractivity contribution < 1.29 is 19.1 Å². The van der Waals surface area contributed by atoms with Crippen molar-refractivity contribution in [2.45, 2.75) is 19.4 Å². The summed E-state index contributed by atoms with van der Waals surface area (Å²) in [4.78, 5) is 32.9. The molecule has 6 heteroatoms. The SMILES string of the molecule is COC(=O)[C@@H]1CC(=O)NN1C(C)=O. The molecule has 1 aliphatic rings. The highest BCUT2D eigenvalue weighted by molar-refractivity contribution is 5.93. The molecule has 2 amide bonds. The molecule has 1 fully saturated rings. The average Bonchev–Trinajstić information content (AvgIpc) is 2.46. The number of ether oxygens (including phenoxy) is 1. The van der Waals surface area contributed by atoms with Crippen molar-refractivity contribution in [2.75, 3.05) is 7.11 Å². The first-order valence-electron chi connectivity index (χ1n) is 3.73. The Kier molecular flexibility index (Phi) is 2.50. The second-order valence-corrected chi connectivity index (χ2v) is 2.67. The fourth-order valence-corrected chi connectivity index (χ4v) is 1.15. The second-order valence-electron chi connectivity index (χ2n) is 2.67. The molecule has 6 nitrogen and oxygen atoms in total. The molecule has 1 rings (SSSR count). The van der Waals surface area contributed by atoms with Crippen molar-refractivity contribution in [3.05, 3.63) is 0 Å². The number of hydrogen-bond donors (Lipinski definition) is 1. The third kappa shape index (κ3) is 1.77. The molecule has 0 unspecified atom stereocenters. The van der Waals surface area contributed by atoms with Crippen molar-refractivity contribution in [3.8, 4) is 0 Å². The van der Waals surface area contributed by atoms with E-state index in [1.807, 2.05) is 0 Å². The Hall–Kier alpha value is -1.59. The van der Waals surface area contributed by atoms with Crippen LogP contribution in [0.5, 0.6) is 0 Å². The number of esters is 1. The maximum Gasteiger partial charge on any atom is 0.331 e. The van der Waals surface area contributed by atoms with Gasteiger partial charge in [-0.15, -0.1) is 0 Å². The van der Waals surface area contributed by atoms with Crippen LogP contribution >= 0.6 is 0 Å². The summed E-state index contributed by atoms with van der Waals surface area (Å²) in [6.45, 7) is 1.27. The second kappa shape index (κ2) is 3.42. The number of hydrogen-bond acceptors (Lipinski definition) is 4. The molecular formula is C7H10N2O4. The minimum atomic E-state index is -0.824. The molecule has 0 radical (unpaired) electrons. The van der Waals surface area contributed by atoms with Crippen molar-refractivity contribution >= 4 is 17.8 Å². The van der Waals surface area contributed by atoms with Crippen LogP contribution in [0.2, 0.25) is 0 Å². The van der Waals surface area contributed by atoms with Crippen LogP contribution in [0.3, 0.4) is 0 Å². The number of hydrazine groups is 1. The van der Waals surface area contributed by atoms with Crippen LogP contribution < -0.4 is 5.43 Å². The van der Waals surface area contributed by atoms with Crippen LogP contribution in [0.15, 0.2) is 0 Å². The van der Waals surface area contributed by atoms with E-state index >= 15 is 0 Å². The first-order chi connectivity index (χ1) is 6.06. The monoisotopic (exact) mass is 186 g/mol. The Labute approximate surface area is 74.8 Å². The maximum absolute atomic E-state index is 11.1. The molecule has 0 aliphatic carbocycles. The Balaban J connectivity index is 2.77. The predicted molar refractivity (Wildman–Crippen MR) is 41.1 cm³/mol. The Morgan fingerprint density at radius 1 is 1.62 bits per heavy atom. The highest BCUT2D eigenvalue weighted by Crippen LogP contribution is 2.11. The first-order valence-corrected chi connectivity index (χ1v) is 3.73. The zero-order chi connectivity index (χ0) is 10.0. The fourth-order valence-electron chi connectivity index (χ4n) is 1.15. The summed E-state index contributed by atoms with van der Waals surface area (Å²) in [7, 11) is 1.21. The molecule has 0 spiro atoms. The van der Waals surface area contributed by atoms with Gasteiger partial charge in [-0.25, -0.2) is 9.80 Å². The molecule has 0 aromatic rings. The third-order valence-corrected chi connectivity index (χ3v) is 1.75. The number of methoxy groups -OCH3 is 1. The molecule has 72 valence electrons. The summed E-state index contributed by atoms with van der Waals surface area (Å²) >= 11 is 0. The summed E-state index contributed by atoms with van der Waals surface area (Å²) in [5.74, 6) is -1.33. The van der Waals surface area contributed by atoms with Gasteiger partial charge in [-0.2, -0.15) is 0 Å². The van der Waals surface area contributed by atoms with Crippen LogP contribution in [0.1, 0.15) is 13.3 Å². The molecule has 0 saturated carbocycles. The van der Waals surface area contributed by atoms with Gasteiger partial charge in [0.15, 0.2) is 6.04 Å². The van der Waals surface area contributed by atoms with E-state index in [0.717, 1.165) is 5.01 Å². The number of carbonyl (C=O) groups excluding carboxylic acids is 3. The first kappa shape index (κ1) is 9.50. The lowest BCUT2D eigenvalue weighted by Gasteiger charge is -2.18. The molecular weight excluding hydrogens is 176 g/mol. The molecule has 0 aromatic heterocycles. The summed E-state index contributed by atoms with van der Waals surface area (Å²) in [5, 5.41) is 0.980. The molecule has 0 aromatic carbocycles. The lowest BCUT2D eigenvalue weighted by molar-refractivity contribution is -0.152. The number of amides is 2. The summed E-state index contributed by atoms with van der Waals surface area (Å²) in [6.07, 6.45) is -0.0355. The lowest BCUT2D eigenvalue weighted by Crippen LogP contribution is -2.45. The molecule has 1 atom stereocenters. The molecule has 1 heterocycles. The maximum atomic E-state index is 11.1. The van der Waals surface area contributed by atoms with Crippen molar-refractivity contribution in [2.24, 2.45) is 0 Å². The van der Waals surface area contributed by atoms with Gasteiger partial charge < -0.3 is 4.74 Å². The van der Waals surface area contributed by atoms with E-state index in [0.29, 0.717) is 0 Å². The van der Waals surface area contributed by atoms with Crippen LogP contribution in [-0.2, 0) is 19.1 Å². The minimum Gasteiger partial charge on any atom is -0.467 e. The topological polar surface area (TPSA) is 75.7 Å². The van der Waals surface area contributed by atoms with E-state index in [4.69, 9.17) is 0 Å². The van der Waals surface area contributed by atoms with E-state index < -0.39 is 12.0 Å². The molecule has 0 bridgehead atoms. The molecule has 1 aliphatic heterocycles. The van der Waals surface area contributed by atoms with Crippen molar-refractivity contribution in [1.29, 1.82) is 0 Å². The van der Waals surface area contributed by atoms with E-state index in [9.17, 15) is 14.4 Å². The van der Waals surface area contributed by atoms with Gasteiger partial charge in [0.25, 0.3) is 0 Å². The molecule has 1 N–H and O–H groups in total. The third-order valence-electron chi connectivity index (χ3n) is 1.75. The van der Waals surface area contributed by atoms with Crippen LogP contribution in [-0.4, -0.2) is 35.9 Å². The quantitative estimate of drug-likeness (QED) is 0.522. The Bertz CT molecular complexity index is 263. The van der Waals surface area contributed by atoms with Gasteiger partial charge in [0.1, 0.15) is 0 Å². The van der Waals surface area contributed by atoms with Gasteiger partial charge in [-0.05, 0) is 0 Å². The highest BCUT2D eigenvalue weighted by Gasteiger charge is 2.38. The Morgan fingerprint density at radius 3 is 2.69 bits per heavy atom. The van der Waals surface area contributed by atoms with Crippen LogP contribution in [0.4, 0.5) is 0 Å². The van der Waals surface area contributed by atoms with Crippen molar-refractivity contribution in [1.82, 2.24) is 10.4 Å². The summed E-state index contributed by atoms with van der Waals surface area (Å²) < 4.78 is 4.44. The van der Waals surface area contributed by atoms with Gasteiger partial charge in [0.2, 0.25) is 11.8 Å². The number of rotatable bonds is 1. The fraction of sp³-hybridized carbons (Fsp3) is 0.571. The zero-order valence-electron chi connectivity index (χ0n) is 7.36. The number of nitrogens with zero attached hydrogens (tertiary/aromatic N) is 1. The number of carbonyl (C=O) groups is 3. The molecule has 1 saturated heterocycles. The smallest absolute Gasteiger partial charge is 0.331 e. The normalized spacial score (nSPS) is 21.2. The van der Waals surface area contributed by atoms with Crippen LogP contribution in [0, 0.1) is 0 Å². The van der Waals surface area contributed by atoms with Gasteiger partial charge in [-0.3, -0.25) is 15.0 Å². The zero-order valence-corrected chi connectivity index (χ0v) is 7.36. The van der Waals surface area contributed by atoms with Gasteiger partial charge in [-0.1, -0.05) is 0 Å². The lowest BCUT2D eigenvalue weighted by atomic mass is 10.2. The van der Waals surface area contributed by atoms with E-state index in [-0.39, 0.29) is 18.2 Å². The predicted octanol–water partition coefficient (Wildman–Crippen LogP) is -1.19. The van der Waals surface area contributed by atoms with Gasteiger partial charge in [0.05, 0.1) is 13.5 Å². The van der Waals surface area contributed by atoms with E-state index in [1.165, 1.54) is 14.0 Å². The van der Waals surface area contributed by atoms with Gasteiger partial charge in [0, 0.05) is 6.92 Å². The number of nitrogens with one attached hydrogen (secondary N) is 1.